The number of amides is 1. The van der Waals surface area contributed by atoms with Crippen LogP contribution in [-0.4, -0.2) is 82.5 Å². The topological polar surface area (TPSA) is 96.6 Å². The first-order valence-corrected chi connectivity index (χ1v) is 12.6. The van der Waals surface area contributed by atoms with Crippen LogP contribution in [0, 0.1) is 13.8 Å². The van der Waals surface area contributed by atoms with E-state index in [1.54, 1.807) is 18.1 Å². The molecule has 1 unspecified atom stereocenters. The molecule has 0 aliphatic carbocycles. The number of aliphatic hydroxyl groups is 1. The molecule has 9 nitrogen and oxygen atoms in total. The van der Waals surface area contributed by atoms with Gasteiger partial charge in [-0.3, -0.25) is 14.5 Å². The second-order valence-electron chi connectivity index (χ2n) is 9.51. The Bertz CT molecular complexity index is 1370. The van der Waals surface area contributed by atoms with Crippen molar-refractivity contribution < 1.29 is 24.2 Å². The summed E-state index contributed by atoms with van der Waals surface area (Å²) in [7, 11) is 1.57. The number of fused-ring (bicyclic) bond motifs is 1. The molecule has 2 saturated heterocycles. The maximum Gasteiger partial charge on any atom is 0.295 e. The number of ether oxygens (including phenoxy) is 2. The molecule has 2 aliphatic heterocycles. The smallest absolute Gasteiger partial charge is 0.295 e. The number of aryl methyl sites for hydroxylation is 2. The summed E-state index contributed by atoms with van der Waals surface area (Å²) >= 11 is 0. The number of benzene rings is 1. The number of rotatable bonds is 7. The van der Waals surface area contributed by atoms with Gasteiger partial charge in [0.15, 0.2) is 5.76 Å². The van der Waals surface area contributed by atoms with Gasteiger partial charge in [-0.15, -0.1) is 0 Å². The molecule has 1 N–H and O–H groups in total. The van der Waals surface area contributed by atoms with Crippen LogP contribution in [0.3, 0.4) is 0 Å². The van der Waals surface area contributed by atoms with Crippen molar-refractivity contribution in [2.45, 2.75) is 26.3 Å². The summed E-state index contributed by atoms with van der Waals surface area (Å²) in [6.07, 6.45) is 2.56. The predicted molar refractivity (Wildman–Crippen MR) is 139 cm³/mol. The first-order chi connectivity index (χ1) is 17.9. The number of methoxy groups -OCH3 is 1. The highest BCUT2D eigenvalue weighted by molar-refractivity contribution is 6.46. The monoisotopic (exact) mass is 504 g/mol. The number of ketones is 1. The molecule has 0 spiro atoms. The van der Waals surface area contributed by atoms with Crippen LogP contribution in [0.4, 0.5) is 0 Å². The summed E-state index contributed by atoms with van der Waals surface area (Å²) in [5.74, 6) is -0.975. The molecule has 5 rings (SSSR count). The van der Waals surface area contributed by atoms with Crippen LogP contribution < -0.4 is 4.74 Å². The summed E-state index contributed by atoms with van der Waals surface area (Å²) < 4.78 is 12.7. The van der Waals surface area contributed by atoms with Crippen molar-refractivity contribution in [3.63, 3.8) is 0 Å². The fraction of sp³-hybridized carbons (Fsp3) is 0.393. The Morgan fingerprint density at radius 1 is 1.14 bits per heavy atom. The van der Waals surface area contributed by atoms with Crippen molar-refractivity contribution in [3.05, 3.63) is 70.7 Å². The molecule has 1 amide bonds. The van der Waals surface area contributed by atoms with Crippen LogP contribution in [0.25, 0.3) is 11.4 Å². The van der Waals surface area contributed by atoms with Crippen molar-refractivity contribution in [2.24, 2.45) is 0 Å². The van der Waals surface area contributed by atoms with E-state index in [4.69, 9.17) is 9.47 Å². The number of imidazole rings is 1. The minimum atomic E-state index is -0.745. The molecule has 194 valence electrons. The summed E-state index contributed by atoms with van der Waals surface area (Å²) in [6, 6.07) is 10.4. The standard InChI is InChI=1S/C28H32N4O5/c1-18-7-5-11-31-19(2)23(29-27(18)31)25(33)22-24(20-8-4-9-21(17-20)36-3)32(28(35)26(22)34)12-6-10-30-13-15-37-16-14-30/h4-5,7-9,11,17,24,33H,6,10,12-16H2,1-3H3/b25-22+. The second kappa shape index (κ2) is 10.4. The molecule has 2 aromatic heterocycles. The number of pyridine rings is 1. The molecule has 0 bridgehead atoms. The molecule has 9 heteroatoms. The highest BCUT2D eigenvalue weighted by atomic mass is 16.5. The molecular formula is C28H32N4O5. The van der Waals surface area contributed by atoms with E-state index in [-0.39, 0.29) is 11.3 Å². The van der Waals surface area contributed by atoms with Gasteiger partial charge in [0.05, 0.1) is 37.6 Å². The summed E-state index contributed by atoms with van der Waals surface area (Å²) in [5, 5.41) is 11.5. The number of aliphatic hydroxyl groups excluding tert-OH is 1. The number of nitrogens with zero attached hydrogens (tertiary/aromatic N) is 4. The van der Waals surface area contributed by atoms with Crippen LogP contribution in [-0.2, 0) is 14.3 Å². The molecule has 2 fully saturated rings. The maximum atomic E-state index is 13.4. The van der Waals surface area contributed by atoms with Gasteiger partial charge in [0, 0.05) is 32.4 Å². The van der Waals surface area contributed by atoms with Crippen LogP contribution >= 0.6 is 0 Å². The number of Topliss-reactive ketones (excluding diaryl/α,β-unsaturated/α-hetero) is 1. The van der Waals surface area contributed by atoms with Gasteiger partial charge in [0.2, 0.25) is 0 Å². The van der Waals surface area contributed by atoms with Crippen LogP contribution in [0.15, 0.2) is 48.2 Å². The highest BCUT2D eigenvalue weighted by Gasteiger charge is 2.46. The lowest BCUT2D eigenvalue weighted by Gasteiger charge is -2.29. The fourth-order valence-electron chi connectivity index (χ4n) is 5.23. The van der Waals surface area contributed by atoms with Crippen LogP contribution in [0.2, 0.25) is 0 Å². The molecule has 0 radical (unpaired) electrons. The summed E-state index contributed by atoms with van der Waals surface area (Å²) in [5.41, 5.74) is 3.38. The van der Waals surface area contributed by atoms with Crippen molar-refractivity contribution in [3.8, 4) is 5.75 Å². The van der Waals surface area contributed by atoms with Gasteiger partial charge in [0.25, 0.3) is 11.7 Å². The SMILES string of the molecule is COc1cccc(C2/C(=C(\O)c3nc4c(C)cccn4c3C)C(=O)C(=O)N2CCCN2CCOCC2)c1. The fourth-order valence-corrected chi connectivity index (χ4v) is 5.23. The number of hydrogen-bond donors (Lipinski definition) is 1. The molecule has 4 heterocycles. The normalized spacial score (nSPS) is 20.2. The van der Waals surface area contributed by atoms with Crippen molar-refractivity contribution in [1.82, 2.24) is 19.2 Å². The van der Waals surface area contributed by atoms with Gasteiger partial charge in [-0.2, -0.15) is 0 Å². The van der Waals surface area contributed by atoms with E-state index in [1.807, 2.05) is 54.8 Å². The van der Waals surface area contributed by atoms with Crippen LogP contribution in [0.5, 0.6) is 5.75 Å². The Balaban J connectivity index is 1.56. The van der Waals surface area contributed by atoms with E-state index < -0.39 is 17.7 Å². The average Bonchev–Trinajstić information content (AvgIpc) is 3.39. The Morgan fingerprint density at radius 2 is 1.92 bits per heavy atom. The van der Waals surface area contributed by atoms with Crippen molar-refractivity contribution >= 4 is 23.1 Å². The van der Waals surface area contributed by atoms with E-state index in [9.17, 15) is 14.7 Å². The van der Waals surface area contributed by atoms with Gasteiger partial charge in [0.1, 0.15) is 17.1 Å². The van der Waals surface area contributed by atoms with E-state index in [2.05, 4.69) is 9.88 Å². The van der Waals surface area contributed by atoms with Gasteiger partial charge < -0.3 is 23.9 Å². The number of hydrogen-bond acceptors (Lipinski definition) is 7. The summed E-state index contributed by atoms with van der Waals surface area (Å²) in [6.45, 7) is 8.06. The zero-order valence-electron chi connectivity index (χ0n) is 21.4. The Morgan fingerprint density at radius 3 is 2.65 bits per heavy atom. The van der Waals surface area contributed by atoms with E-state index in [0.29, 0.717) is 54.5 Å². The highest BCUT2D eigenvalue weighted by Crippen LogP contribution is 2.40. The summed E-state index contributed by atoms with van der Waals surface area (Å²) in [4.78, 5) is 35.3. The molecule has 3 aromatic rings. The number of likely N-dealkylation sites (tertiary alicyclic amines) is 1. The lowest BCUT2D eigenvalue weighted by Crippen LogP contribution is -2.38. The molecule has 1 aromatic carbocycles. The van der Waals surface area contributed by atoms with E-state index >= 15 is 0 Å². The Hall–Kier alpha value is -3.69. The molecule has 1 atom stereocenters. The maximum absolute atomic E-state index is 13.4. The minimum Gasteiger partial charge on any atom is -0.505 e. The number of carbonyl (C=O) groups excluding carboxylic acids is 2. The zero-order valence-corrected chi connectivity index (χ0v) is 21.4. The van der Waals surface area contributed by atoms with Gasteiger partial charge >= 0.3 is 0 Å². The van der Waals surface area contributed by atoms with Gasteiger partial charge in [-0.05, 0) is 49.6 Å². The second-order valence-corrected chi connectivity index (χ2v) is 9.51. The third kappa shape index (κ3) is 4.60. The Kier molecular flexibility index (Phi) is 6.99. The van der Waals surface area contributed by atoms with E-state index in [0.717, 1.165) is 25.2 Å². The average molecular weight is 505 g/mol. The Labute approximate surface area is 215 Å². The third-order valence-electron chi connectivity index (χ3n) is 7.23. The van der Waals surface area contributed by atoms with E-state index in [1.165, 1.54) is 0 Å². The van der Waals surface area contributed by atoms with Gasteiger partial charge in [-0.1, -0.05) is 18.2 Å². The quantitative estimate of drug-likeness (QED) is 0.300. The first-order valence-electron chi connectivity index (χ1n) is 12.6. The largest absolute Gasteiger partial charge is 0.505 e. The lowest BCUT2D eigenvalue weighted by atomic mass is 9.96. The third-order valence-corrected chi connectivity index (χ3v) is 7.23. The minimum absolute atomic E-state index is 0.0498. The molecule has 2 aliphatic rings. The van der Waals surface area contributed by atoms with Crippen molar-refractivity contribution in [2.75, 3.05) is 46.5 Å². The number of aromatic nitrogens is 2. The number of carbonyl (C=O) groups is 2. The van der Waals surface area contributed by atoms with Crippen molar-refractivity contribution in [1.29, 1.82) is 0 Å². The first kappa shape index (κ1) is 25.0. The molecule has 37 heavy (non-hydrogen) atoms. The zero-order chi connectivity index (χ0) is 26.1. The lowest BCUT2D eigenvalue weighted by molar-refractivity contribution is -0.140. The predicted octanol–water partition coefficient (Wildman–Crippen LogP) is 3.10. The molecule has 0 saturated carbocycles. The van der Waals surface area contributed by atoms with Crippen LogP contribution in [0.1, 0.15) is 35.0 Å². The molecular weight excluding hydrogens is 472 g/mol. The number of morpholine rings is 1. The van der Waals surface area contributed by atoms with Gasteiger partial charge in [-0.25, -0.2) is 4.98 Å².